The summed E-state index contributed by atoms with van der Waals surface area (Å²) in [5, 5.41) is 4.47. The van der Waals surface area contributed by atoms with Gasteiger partial charge in [-0.25, -0.2) is 0 Å². The summed E-state index contributed by atoms with van der Waals surface area (Å²) < 4.78 is 0. The zero-order chi connectivity index (χ0) is 11.8. The molecule has 84 valence electrons. The van der Waals surface area contributed by atoms with E-state index >= 15 is 0 Å². The summed E-state index contributed by atoms with van der Waals surface area (Å²) in [6.45, 7) is 3.73. The first-order valence-corrected chi connectivity index (χ1v) is 5.78. The third-order valence-electron chi connectivity index (χ3n) is 3.00. The van der Waals surface area contributed by atoms with Crippen molar-refractivity contribution in [3.63, 3.8) is 0 Å². The van der Waals surface area contributed by atoms with Crippen LogP contribution in [0.2, 0.25) is 5.02 Å². The Morgan fingerprint density at radius 1 is 1.44 bits per heavy atom. The minimum Gasteiger partial charge on any atom is -0.0840 e. The SMILES string of the molecule is CC(C)(N=[N+]=[N-])c1ccc(C2CC2)cc1Cl. The molecule has 0 aliphatic heterocycles. The lowest BCUT2D eigenvalue weighted by molar-refractivity contribution is 0.550. The van der Waals surface area contributed by atoms with Gasteiger partial charge in [0.1, 0.15) is 0 Å². The molecule has 0 amide bonds. The Morgan fingerprint density at radius 3 is 2.62 bits per heavy atom. The highest BCUT2D eigenvalue weighted by atomic mass is 35.5. The van der Waals surface area contributed by atoms with Crippen LogP contribution >= 0.6 is 11.6 Å². The quantitative estimate of drug-likeness (QED) is 0.412. The van der Waals surface area contributed by atoms with E-state index in [1.54, 1.807) is 0 Å². The molecule has 0 heterocycles. The normalized spacial score (nSPS) is 15.7. The number of halogens is 1. The molecule has 1 saturated carbocycles. The van der Waals surface area contributed by atoms with Crippen LogP contribution in [0.4, 0.5) is 0 Å². The van der Waals surface area contributed by atoms with E-state index in [1.807, 2.05) is 26.0 Å². The van der Waals surface area contributed by atoms with E-state index in [2.05, 4.69) is 16.1 Å². The lowest BCUT2D eigenvalue weighted by Crippen LogP contribution is -2.13. The first-order valence-electron chi connectivity index (χ1n) is 5.41. The van der Waals surface area contributed by atoms with Crippen LogP contribution in [-0.2, 0) is 5.54 Å². The average molecular weight is 236 g/mol. The Kier molecular flexibility index (Phi) is 2.83. The second-order valence-corrected chi connectivity index (χ2v) is 5.17. The van der Waals surface area contributed by atoms with Gasteiger partial charge in [0.25, 0.3) is 0 Å². The molecule has 0 aromatic heterocycles. The lowest BCUT2D eigenvalue weighted by Gasteiger charge is -2.20. The number of hydrogen-bond donors (Lipinski definition) is 0. The van der Waals surface area contributed by atoms with Crippen LogP contribution in [0.1, 0.15) is 43.7 Å². The number of hydrogen-bond acceptors (Lipinski definition) is 1. The van der Waals surface area contributed by atoms with Crippen LogP contribution in [0.3, 0.4) is 0 Å². The van der Waals surface area contributed by atoms with E-state index in [0.29, 0.717) is 10.9 Å². The lowest BCUT2D eigenvalue weighted by atomic mass is 9.94. The Hall–Kier alpha value is -1.18. The number of nitrogens with zero attached hydrogens (tertiary/aromatic N) is 3. The molecule has 0 unspecified atom stereocenters. The Morgan fingerprint density at radius 2 is 2.12 bits per heavy atom. The van der Waals surface area contributed by atoms with Crippen molar-refractivity contribution in [1.82, 2.24) is 0 Å². The monoisotopic (exact) mass is 235 g/mol. The van der Waals surface area contributed by atoms with Gasteiger partial charge in [-0.3, -0.25) is 0 Å². The van der Waals surface area contributed by atoms with Crippen LogP contribution < -0.4 is 0 Å². The first-order chi connectivity index (χ1) is 7.54. The number of azide groups is 1. The van der Waals surface area contributed by atoms with E-state index in [4.69, 9.17) is 17.1 Å². The van der Waals surface area contributed by atoms with Crippen molar-refractivity contribution in [2.24, 2.45) is 5.11 Å². The van der Waals surface area contributed by atoms with Crippen molar-refractivity contribution < 1.29 is 0 Å². The van der Waals surface area contributed by atoms with Crippen molar-refractivity contribution in [2.45, 2.75) is 38.1 Å². The maximum absolute atomic E-state index is 8.52. The average Bonchev–Trinajstić information content (AvgIpc) is 2.99. The summed E-state index contributed by atoms with van der Waals surface area (Å²) in [6, 6.07) is 6.07. The maximum Gasteiger partial charge on any atom is 0.0696 e. The van der Waals surface area contributed by atoms with E-state index < -0.39 is 5.54 Å². The highest BCUT2D eigenvalue weighted by Gasteiger charge is 2.26. The molecular weight excluding hydrogens is 222 g/mol. The Bertz CT molecular complexity index is 457. The summed E-state index contributed by atoms with van der Waals surface area (Å²) in [6.07, 6.45) is 2.52. The fourth-order valence-electron chi connectivity index (χ4n) is 1.86. The maximum atomic E-state index is 8.52. The van der Waals surface area contributed by atoms with Gasteiger partial charge in [-0.15, -0.1) is 0 Å². The second-order valence-electron chi connectivity index (χ2n) is 4.76. The fraction of sp³-hybridized carbons (Fsp3) is 0.500. The van der Waals surface area contributed by atoms with Gasteiger partial charge in [0, 0.05) is 9.93 Å². The predicted molar refractivity (Wildman–Crippen MR) is 65.6 cm³/mol. The predicted octanol–water partition coefficient (Wildman–Crippen LogP) is 4.76. The molecule has 16 heavy (non-hydrogen) atoms. The summed E-state index contributed by atoms with van der Waals surface area (Å²) in [5.41, 5.74) is 10.1. The molecule has 3 nitrogen and oxygen atoms in total. The Balaban J connectivity index is 2.38. The molecule has 2 rings (SSSR count). The molecular formula is C12H14ClN3. The zero-order valence-electron chi connectivity index (χ0n) is 9.44. The van der Waals surface area contributed by atoms with Gasteiger partial charge in [-0.05, 0) is 41.5 Å². The molecule has 1 aromatic carbocycles. The molecule has 0 spiro atoms. The highest BCUT2D eigenvalue weighted by molar-refractivity contribution is 6.31. The smallest absolute Gasteiger partial charge is 0.0696 e. The third-order valence-corrected chi connectivity index (χ3v) is 3.31. The topological polar surface area (TPSA) is 48.8 Å². The molecule has 0 atom stereocenters. The van der Waals surface area contributed by atoms with Crippen molar-refractivity contribution in [1.29, 1.82) is 0 Å². The molecule has 1 fully saturated rings. The van der Waals surface area contributed by atoms with Crippen molar-refractivity contribution >= 4 is 11.6 Å². The Labute approximate surface area is 100 Å². The fourth-order valence-corrected chi connectivity index (χ4v) is 2.28. The van der Waals surface area contributed by atoms with Crippen LogP contribution in [0, 0.1) is 0 Å². The van der Waals surface area contributed by atoms with Gasteiger partial charge in [0.2, 0.25) is 0 Å². The van der Waals surface area contributed by atoms with Gasteiger partial charge in [0.15, 0.2) is 0 Å². The molecule has 0 saturated heterocycles. The standard InChI is InChI=1S/C12H14ClN3/c1-12(2,15-16-14)10-6-5-9(7-11(10)13)8-3-4-8/h5-8H,3-4H2,1-2H3. The zero-order valence-corrected chi connectivity index (χ0v) is 10.2. The molecule has 1 aliphatic carbocycles. The minimum absolute atomic E-state index is 0.589. The third kappa shape index (κ3) is 2.16. The minimum atomic E-state index is -0.589. The van der Waals surface area contributed by atoms with E-state index in [-0.39, 0.29) is 0 Å². The molecule has 1 aromatic rings. The van der Waals surface area contributed by atoms with Crippen molar-refractivity contribution in [2.75, 3.05) is 0 Å². The van der Waals surface area contributed by atoms with Gasteiger partial charge < -0.3 is 0 Å². The van der Waals surface area contributed by atoms with Crippen molar-refractivity contribution in [3.8, 4) is 0 Å². The number of rotatable bonds is 3. The summed E-state index contributed by atoms with van der Waals surface area (Å²) >= 11 is 6.24. The molecule has 4 heteroatoms. The van der Waals surface area contributed by atoms with Crippen LogP contribution in [0.5, 0.6) is 0 Å². The second kappa shape index (κ2) is 4.00. The summed E-state index contributed by atoms with van der Waals surface area (Å²) in [7, 11) is 0. The van der Waals surface area contributed by atoms with Gasteiger partial charge in [0.05, 0.1) is 5.54 Å². The molecule has 1 aliphatic rings. The number of benzene rings is 1. The van der Waals surface area contributed by atoms with Gasteiger partial charge in [-0.2, -0.15) is 0 Å². The van der Waals surface area contributed by atoms with Crippen LogP contribution in [-0.4, -0.2) is 0 Å². The summed E-state index contributed by atoms with van der Waals surface area (Å²) in [4.78, 5) is 2.86. The highest BCUT2D eigenvalue weighted by Crippen LogP contribution is 2.42. The van der Waals surface area contributed by atoms with Crippen LogP contribution in [0.25, 0.3) is 10.4 Å². The van der Waals surface area contributed by atoms with Gasteiger partial charge >= 0.3 is 0 Å². The first kappa shape index (κ1) is 11.3. The molecule has 0 radical (unpaired) electrons. The molecule has 0 bridgehead atoms. The molecule has 0 N–H and O–H groups in total. The van der Waals surface area contributed by atoms with Crippen molar-refractivity contribution in [3.05, 3.63) is 44.8 Å². The van der Waals surface area contributed by atoms with E-state index in [0.717, 1.165) is 5.56 Å². The van der Waals surface area contributed by atoms with E-state index in [1.165, 1.54) is 18.4 Å². The summed E-state index contributed by atoms with van der Waals surface area (Å²) in [5.74, 6) is 0.689. The van der Waals surface area contributed by atoms with E-state index in [9.17, 15) is 0 Å². The largest absolute Gasteiger partial charge is 0.0840 e. The van der Waals surface area contributed by atoms with Crippen LogP contribution in [0.15, 0.2) is 23.3 Å². The van der Waals surface area contributed by atoms with Gasteiger partial charge in [-0.1, -0.05) is 42.7 Å².